The Labute approximate surface area is 101 Å². The highest BCUT2D eigenvalue weighted by Gasteiger charge is 2.08. The van der Waals surface area contributed by atoms with E-state index in [-0.39, 0.29) is 5.69 Å². The largest absolute Gasteiger partial charge is 0.345 e. The minimum absolute atomic E-state index is 0.0793. The molecule has 0 aliphatic rings. The fraction of sp³-hybridized carbons (Fsp3) is 0.385. The zero-order valence-electron chi connectivity index (χ0n) is 10.7. The van der Waals surface area contributed by atoms with Gasteiger partial charge in [-0.05, 0) is 37.5 Å². The standard InChI is InChI=1S/C13H17N3O/c1-9-5-10(2)12(11(3)6-9)7-16-13(17)15(4)8-14-16/h5-6,8H,7H2,1-4H3. The maximum atomic E-state index is 11.7. The van der Waals surface area contributed by atoms with Crippen molar-refractivity contribution in [2.75, 3.05) is 0 Å². The molecule has 0 aliphatic carbocycles. The van der Waals surface area contributed by atoms with Gasteiger partial charge in [0.2, 0.25) is 0 Å². The quantitative estimate of drug-likeness (QED) is 0.786. The summed E-state index contributed by atoms with van der Waals surface area (Å²) < 4.78 is 2.98. The molecule has 0 fully saturated rings. The number of nitrogens with zero attached hydrogens (tertiary/aromatic N) is 3. The van der Waals surface area contributed by atoms with E-state index < -0.39 is 0 Å². The predicted octanol–water partition coefficient (Wildman–Crippen LogP) is 1.56. The second kappa shape index (κ2) is 4.20. The average Bonchev–Trinajstić information content (AvgIpc) is 2.54. The molecule has 2 rings (SSSR count). The number of hydrogen-bond acceptors (Lipinski definition) is 2. The lowest BCUT2D eigenvalue weighted by atomic mass is 10.00. The van der Waals surface area contributed by atoms with Gasteiger partial charge in [0.05, 0.1) is 6.54 Å². The van der Waals surface area contributed by atoms with Gasteiger partial charge < -0.3 is 0 Å². The van der Waals surface area contributed by atoms with Gasteiger partial charge in [0.1, 0.15) is 6.33 Å². The summed E-state index contributed by atoms with van der Waals surface area (Å²) in [7, 11) is 1.71. The third-order valence-electron chi connectivity index (χ3n) is 3.04. The summed E-state index contributed by atoms with van der Waals surface area (Å²) in [6, 6.07) is 4.27. The molecule has 1 aromatic heterocycles. The highest BCUT2D eigenvalue weighted by molar-refractivity contribution is 5.37. The maximum Gasteiger partial charge on any atom is 0.345 e. The Morgan fingerprint density at radius 1 is 1.18 bits per heavy atom. The highest BCUT2D eigenvalue weighted by Crippen LogP contribution is 2.16. The van der Waals surface area contributed by atoms with Crippen molar-refractivity contribution in [3.05, 3.63) is 51.2 Å². The molecule has 0 radical (unpaired) electrons. The third-order valence-corrected chi connectivity index (χ3v) is 3.04. The Morgan fingerprint density at radius 3 is 2.24 bits per heavy atom. The van der Waals surface area contributed by atoms with E-state index in [0.717, 1.165) is 0 Å². The zero-order valence-corrected chi connectivity index (χ0v) is 10.7. The lowest BCUT2D eigenvalue weighted by Crippen LogP contribution is -2.24. The summed E-state index contributed by atoms with van der Waals surface area (Å²) >= 11 is 0. The van der Waals surface area contributed by atoms with Crippen LogP contribution in [0.1, 0.15) is 22.3 Å². The molecule has 0 aliphatic heterocycles. The molecular formula is C13H17N3O. The van der Waals surface area contributed by atoms with Crippen LogP contribution in [0.25, 0.3) is 0 Å². The molecule has 0 saturated carbocycles. The van der Waals surface area contributed by atoms with Crippen LogP contribution in [0.15, 0.2) is 23.3 Å². The first-order valence-electron chi connectivity index (χ1n) is 5.64. The van der Waals surface area contributed by atoms with Gasteiger partial charge in [0.15, 0.2) is 0 Å². The monoisotopic (exact) mass is 231 g/mol. The lowest BCUT2D eigenvalue weighted by molar-refractivity contribution is 0.642. The van der Waals surface area contributed by atoms with E-state index in [1.807, 2.05) is 0 Å². The van der Waals surface area contributed by atoms with Crippen molar-refractivity contribution in [2.45, 2.75) is 27.3 Å². The molecule has 0 amide bonds. The molecule has 0 saturated heterocycles. The summed E-state index contributed by atoms with van der Waals surface area (Å²) in [5.41, 5.74) is 4.76. The molecule has 4 nitrogen and oxygen atoms in total. The van der Waals surface area contributed by atoms with E-state index in [0.29, 0.717) is 6.54 Å². The molecule has 1 heterocycles. The van der Waals surface area contributed by atoms with Crippen molar-refractivity contribution in [3.8, 4) is 0 Å². The van der Waals surface area contributed by atoms with Crippen LogP contribution in [0, 0.1) is 20.8 Å². The van der Waals surface area contributed by atoms with Gasteiger partial charge >= 0.3 is 5.69 Å². The number of aryl methyl sites for hydroxylation is 4. The molecule has 2 aromatic rings. The number of rotatable bonds is 2. The molecule has 90 valence electrons. The van der Waals surface area contributed by atoms with E-state index in [2.05, 4.69) is 38.0 Å². The van der Waals surface area contributed by atoms with Crippen LogP contribution in [0.4, 0.5) is 0 Å². The molecule has 17 heavy (non-hydrogen) atoms. The SMILES string of the molecule is Cc1cc(C)c(Cn2ncn(C)c2=O)c(C)c1. The number of hydrogen-bond donors (Lipinski definition) is 0. The maximum absolute atomic E-state index is 11.7. The van der Waals surface area contributed by atoms with Crippen LogP contribution in [0.5, 0.6) is 0 Å². The molecule has 1 aromatic carbocycles. The lowest BCUT2D eigenvalue weighted by Gasteiger charge is -2.10. The Balaban J connectivity index is 2.43. The van der Waals surface area contributed by atoms with Crippen molar-refractivity contribution in [1.82, 2.24) is 14.3 Å². The molecule has 0 spiro atoms. The second-order valence-electron chi connectivity index (χ2n) is 4.56. The van der Waals surface area contributed by atoms with Gasteiger partial charge in [0, 0.05) is 7.05 Å². The van der Waals surface area contributed by atoms with Crippen molar-refractivity contribution < 1.29 is 0 Å². The smallest absolute Gasteiger partial charge is 0.285 e. The van der Waals surface area contributed by atoms with Gasteiger partial charge in [-0.25, -0.2) is 9.48 Å². The Bertz CT molecular complexity index is 584. The fourth-order valence-electron chi connectivity index (χ4n) is 2.14. The van der Waals surface area contributed by atoms with Crippen LogP contribution < -0.4 is 5.69 Å². The van der Waals surface area contributed by atoms with E-state index in [4.69, 9.17) is 0 Å². The normalized spacial score (nSPS) is 10.8. The number of benzene rings is 1. The number of aromatic nitrogens is 3. The average molecular weight is 231 g/mol. The van der Waals surface area contributed by atoms with Crippen LogP contribution in [0.2, 0.25) is 0 Å². The van der Waals surface area contributed by atoms with Crippen molar-refractivity contribution in [1.29, 1.82) is 0 Å². The minimum Gasteiger partial charge on any atom is -0.285 e. The first kappa shape index (κ1) is 11.6. The topological polar surface area (TPSA) is 39.8 Å². The van der Waals surface area contributed by atoms with E-state index >= 15 is 0 Å². The Kier molecular flexibility index (Phi) is 2.88. The molecule has 0 bridgehead atoms. The first-order valence-corrected chi connectivity index (χ1v) is 5.64. The first-order chi connectivity index (χ1) is 7.99. The highest BCUT2D eigenvalue weighted by atomic mass is 16.2. The van der Waals surface area contributed by atoms with Gasteiger partial charge in [-0.15, -0.1) is 0 Å². The Morgan fingerprint density at radius 2 is 1.76 bits per heavy atom. The van der Waals surface area contributed by atoms with Gasteiger partial charge in [0.25, 0.3) is 0 Å². The Hall–Kier alpha value is -1.84. The van der Waals surface area contributed by atoms with Crippen molar-refractivity contribution in [3.63, 3.8) is 0 Å². The molecule has 0 unspecified atom stereocenters. The van der Waals surface area contributed by atoms with Crippen LogP contribution in [0.3, 0.4) is 0 Å². The molecule has 4 heteroatoms. The van der Waals surface area contributed by atoms with Crippen LogP contribution in [-0.4, -0.2) is 14.3 Å². The summed E-state index contributed by atoms with van der Waals surface area (Å²) in [6.07, 6.45) is 1.54. The summed E-state index contributed by atoms with van der Waals surface area (Å²) in [5, 5.41) is 4.08. The van der Waals surface area contributed by atoms with E-state index in [1.165, 1.54) is 31.5 Å². The summed E-state index contributed by atoms with van der Waals surface area (Å²) in [5.74, 6) is 0. The fourth-order valence-corrected chi connectivity index (χ4v) is 2.14. The van der Waals surface area contributed by atoms with Crippen LogP contribution >= 0.6 is 0 Å². The van der Waals surface area contributed by atoms with Gasteiger partial charge in [-0.3, -0.25) is 4.57 Å². The van der Waals surface area contributed by atoms with Gasteiger partial charge in [-0.1, -0.05) is 17.7 Å². The van der Waals surface area contributed by atoms with Crippen molar-refractivity contribution >= 4 is 0 Å². The zero-order chi connectivity index (χ0) is 12.6. The third kappa shape index (κ3) is 2.16. The second-order valence-corrected chi connectivity index (χ2v) is 4.56. The van der Waals surface area contributed by atoms with Crippen molar-refractivity contribution in [2.24, 2.45) is 7.05 Å². The molecular weight excluding hydrogens is 214 g/mol. The molecule has 0 N–H and O–H groups in total. The predicted molar refractivity (Wildman–Crippen MR) is 67.2 cm³/mol. The minimum atomic E-state index is -0.0793. The summed E-state index contributed by atoms with van der Waals surface area (Å²) in [4.78, 5) is 11.7. The summed E-state index contributed by atoms with van der Waals surface area (Å²) in [6.45, 7) is 6.76. The van der Waals surface area contributed by atoms with E-state index in [9.17, 15) is 4.79 Å². The van der Waals surface area contributed by atoms with E-state index in [1.54, 1.807) is 13.4 Å². The van der Waals surface area contributed by atoms with Gasteiger partial charge in [-0.2, -0.15) is 5.10 Å². The van der Waals surface area contributed by atoms with Crippen LogP contribution in [-0.2, 0) is 13.6 Å². The molecule has 0 atom stereocenters.